The van der Waals surface area contributed by atoms with Crippen LogP contribution in [0.2, 0.25) is 5.02 Å². The van der Waals surface area contributed by atoms with Crippen LogP contribution in [0.4, 0.5) is 0 Å². The number of aromatic nitrogens is 2. The smallest absolute Gasteiger partial charge is 0.0946 e. The zero-order valence-electron chi connectivity index (χ0n) is 10.0. The summed E-state index contributed by atoms with van der Waals surface area (Å²) >= 11 is 6.27. The Bertz CT molecular complexity index is 451. The SMILES string of the molecule is CCCC(Cn1ccnc1)c1ccccc1Cl. The van der Waals surface area contributed by atoms with Crippen molar-refractivity contribution in [3.05, 3.63) is 53.6 Å². The summed E-state index contributed by atoms with van der Waals surface area (Å²) in [6.45, 7) is 3.15. The summed E-state index contributed by atoms with van der Waals surface area (Å²) in [5, 5.41) is 0.867. The molecule has 1 heterocycles. The molecule has 90 valence electrons. The third-order valence-corrected chi connectivity index (χ3v) is 3.32. The standard InChI is InChI=1S/C14H17ClN2/c1-2-5-12(10-17-9-8-16-11-17)13-6-3-4-7-14(13)15/h3-4,6-9,11-12H,2,5,10H2,1H3. The van der Waals surface area contributed by atoms with E-state index in [0.717, 1.165) is 24.4 Å². The molecular weight excluding hydrogens is 232 g/mol. The average molecular weight is 249 g/mol. The maximum atomic E-state index is 6.27. The van der Waals surface area contributed by atoms with Crippen LogP contribution in [0.15, 0.2) is 43.0 Å². The van der Waals surface area contributed by atoms with Gasteiger partial charge in [0.1, 0.15) is 0 Å². The minimum absolute atomic E-state index is 0.461. The Morgan fingerprint density at radius 1 is 1.35 bits per heavy atom. The van der Waals surface area contributed by atoms with E-state index in [1.54, 1.807) is 0 Å². The molecule has 0 aliphatic rings. The fraction of sp³-hybridized carbons (Fsp3) is 0.357. The number of rotatable bonds is 5. The van der Waals surface area contributed by atoms with E-state index < -0.39 is 0 Å². The first-order valence-corrected chi connectivity index (χ1v) is 6.39. The van der Waals surface area contributed by atoms with Gasteiger partial charge in [-0.3, -0.25) is 0 Å². The van der Waals surface area contributed by atoms with Gasteiger partial charge in [0.05, 0.1) is 6.33 Å². The van der Waals surface area contributed by atoms with Gasteiger partial charge in [0.25, 0.3) is 0 Å². The summed E-state index contributed by atoms with van der Waals surface area (Å²) in [4.78, 5) is 4.08. The molecule has 0 bridgehead atoms. The van der Waals surface area contributed by atoms with Crippen LogP contribution < -0.4 is 0 Å². The first-order valence-electron chi connectivity index (χ1n) is 6.01. The zero-order valence-corrected chi connectivity index (χ0v) is 10.8. The first kappa shape index (κ1) is 12.2. The fourth-order valence-electron chi connectivity index (χ4n) is 2.15. The molecule has 0 aliphatic carbocycles. The van der Waals surface area contributed by atoms with Gasteiger partial charge in [-0.15, -0.1) is 0 Å². The van der Waals surface area contributed by atoms with Crippen molar-refractivity contribution in [2.45, 2.75) is 32.2 Å². The molecule has 0 radical (unpaired) electrons. The van der Waals surface area contributed by atoms with E-state index in [9.17, 15) is 0 Å². The highest BCUT2D eigenvalue weighted by Gasteiger charge is 2.14. The van der Waals surface area contributed by atoms with E-state index in [2.05, 4.69) is 28.6 Å². The molecule has 1 aromatic carbocycles. The van der Waals surface area contributed by atoms with Gasteiger partial charge in [0, 0.05) is 29.9 Å². The van der Waals surface area contributed by atoms with Crippen molar-refractivity contribution in [3.63, 3.8) is 0 Å². The molecule has 1 aromatic heterocycles. The average Bonchev–Trinajstić information content (AvgIpc) is 2.82. The highest BCUT2D eigenvalue weighted by Crippen LogP contribution is 2.29. The summed E-state index contributed by atoms with van der Waals surface area (Å²) in [5.41, 5.74) is 1.24. The van der Waals surface area contributed by atoms with Crippen LogP contribution in [0.5, 0.6) is 0 Å². The van der Waals surface area contributed by atoms with Crippen LogP contribution in [0, 0.1) is 0 Å². The van der Waals surface area contributed by atoms with Gasteiger partial charge in [-0.2, -0.15) is 0 Å². The Morgan fingerprint density at radius 3 is 2.82 bits per heavy atom. The second-order valence-electron chi connectivity index (χ2n) is 4.27. The number of hydrogen-bond donors (Lipinski definition) is 0. The van der Waals surface area contributed by atoms with Gasteiger partial charge in [0.2, 0.25) is 0 Å². The Balaban J connectivity index is 2.20. The summed E-state index contributed by atoms with van der Waals surface area (Å²) in [5.74, 6) is 0.461. The molecule has 2 nitrogen and oxygen atoms in total. The number of nitrogens with zero attached hydrogens (tertiary/aromatic N) is 2. The van der Waals surface area contributed by atoms with E-state index in [1.807, 2.05) is 30.9 Å². The van der Waals surface area contributed by atoms with E-state index in [0.29, 0.717) is 5.92 Å². The fourth-order valence-corrected chi connectivity index (χ4v) is 2.44. The van der Waals surface area contributed by atoms with Crippen molar-refractivity contribution < 1.29 is 0 Å². The van der Waals surface area contributed by atoms with Crippen molar-refractivity contribution in [3.8, 4) is 0 Å². The highest BCUT2D eigenvalue weighted by molar-refractivity contribution is 6.31. The van der Waals surface area contributed by atoms with Crippen LogP contribution in [0.25, 0.3) is 0 Å². The Morgan fingerprint density at radius 2 is 2.18 bits per heavy atom. The van der Waals surface area contributed by atoms with Crippen LogP contribution in [-0.4, -0.2) is 9.55 Å². The Labute approximate surface area is 107 Å². The lowest BCUT2D eigenvalue weighted by molar-refractivity contribution is 0.519. The van der Waals surface area contributed by atoms with E-state index in [1.165, 1.54) is 5.56 Å². The Kier molecular flexibility index (Phi) is 4.21. The number of imidazole rings is 1. The highest BCUT2D eigenvalue weighted by atomic mass is 35.5. The molecule has 0 fully saturated rings. The van der Waals surface area contributed by atoms with Crippen LogP contribution in [-0.2, 0) is 6.54 Å². The second kappa shape index (κ2) is 5.87. The third kappa shape index (κ3) is 3.10. The summed E-state index contributed by atoms with van der Waals surface area (Å²) in [6.07, 6.45) is 7.97. The van der Waals surface area contributed by atoms with Gasteiger partial charge >= 0.3 is 0 Å². The lowest BCUT2D eigenvalue weighted by Crippen LogP contribution is -2.08. The maximum absolute atomic E-state index is 6.27. The molecule has 0 N–H and O–H groups in total. The molecule has 0 spiro atoms. The molecule has 1 unspecified atom stereocenters. The van der Waals surface area contributed by atoms with Gasteiger partial charge in [0.15, 0.2) is 0 Å². The number of benzene rings is 1. The quantitative estimate of drug-likeness (QED) is 0.778. The predicted octanol–water partition coefficient (Wildman–Crippen LogP) is 4.12. The van der Waals surface area contributed by atoms with Gasteiger partial charge < -0.3 is 4.57 Å². The molecule has 3 heteroatoms. The van der Waals surface area contributed by atoms with Gasteiger partial charge in [-0.1, -0.05) is 43.1 Å². The maximum Gasteiger partial charge on any atom is 0.0946 e. The normalized spacial score (nSPS) is 12.6. The second-order valence-corrected chi connectivity index (χ2v) is 4.67. The van der Waals surface area contributed by atoms with Crippen LogP contribution in [0.1, 0.15) is 31.2 Å². The van der Waals surface area contributed by atoms with Crippen molar-refractivity contribution in [2.24, 2.45) is 0 Å². The minimum Gasteiger partial charge on any atom is -0.337 e. The third-order valence-electron chi connectivity index (χ3n) is 2.97. The molecule has 0 amide bonds. The monoisotopic (exact) mass is 248 g/mol. The van der Waals surface area contributed by atoms with E-state index in [-0.39, 0.29) is 0 Å². The van der Waals surface area contributed by atoms with Gasteiger partial charge in [-0.25, -0.2) is 4.98 Å². The molecule has 0 saturated heterocycles. The Hall–Kier alpha value is -1.28. The van der Waals surface area contributed by atoms with Crippen LogP contribution >= 0.6 is 11.6 Å². The lowest BCUT2D eigenvalue weighted by Gasteiger charge is -2.18. The minimum atomic E-state index is 0.461. The predicted molar refractivity (Wildman–Crippen MR) is 71.3 cm³/mol. The van der Waals surface area contributed by atoms with Gasteiger partial charge in [-0.05, 0) is 18.1 Å². The van der Waals surface area contributed by atoms with Crippen molar-refractivity contribution >= 4 is 11.6 Å². The first-order chi connectivity index (χ1) is 8.31. The lowest BCUT2D eigenvalue weighted by atomic mass is 9.94. The molecule has 1 atom stereocenters. The van der Waals surface area contributed by atoms with E-state index in [4.69, 9.17) is 11.6 Å². The molecule has 2 rings (SSSR count). The van der Waals surface area contributed by atoms with Crippen LogP contribution in [0.3, 0.4) is 0 Å². The topological polar surface area (TPSA) is 17.8 Å². The van der Waals surface area contributed by atoms with Crippen molar-refractivity contribution in [1.82, 2.24) is 9.55 Å². The largest absolute Gasteiger partial charge is 0.337 e. The summed E-state index contributed by atoms with van der Waals surface area (Å²) < 4.78 is 2.11. The summed E-state index contributed by atoms with van der Waals surface area (Å²) in [7, 11) is 0. The number of hydrogen-bond acceptors (Lipinski definition) is 1. The number of halogens is 1. The zero-order chi connectivity index (χ0) is 12.1. The molecule has 0 aliphatic heterocycles. The van der Waals surface area contributed by atoms with Crippen molar-refractivity contribution in [1.29, 1.82) is 0 Å². The van der Waals surface area contributed by atoms with E-state index >= 15 is 0 Å². The molecular formula is C14H17ClN2. The molecule has 2 aromatic rings. The van der Waals surface area contributed by atoms with Crippen molar-refractivity contribution in [2.75, 3.05) is 0 Å². The molecule has 0 saturated carbocycles. The summed E-state index contributed by atoms with van der Waals surface area (Å²) in [6, 6.07) is 8.12. The molecule has 17 heavy (non-hydrogen) atoms.